The van der Waals surface area contributed by atoms with Crippen LogP contribution in [0.25, 0.3) is 15.9 Å². The third-order valence-corrected chi connectivity index (χ3v) is 6.04. The molecule has 0 radical (unpaired) electrons. The van der Waals surface area contributed by atoms with Crippen LogP contribution in [0.3, 0.4) is 0 Å². The summed E-state index contributed by atoms with van der Waals surface area (Å²) in [5, 5.41) is 0.497. The number of hydrogen-bond donors (Lipinski definition) is 0. The molecule has 29 heavy (non-hydrogen) atoms. The fourth-order valence-electron chi connectivity index (χ4n) is 3.42. The first kappa shape index (κ1) is 19.3. The molecule has 0 bridgehead atoms. The number of pyridine rings is 1. The van der Waals surface area contributed by atoms with Crippen molar-refractivity contribution in [3.05, 3.63) is 81.1 Å². The van der Waals surface area contributed by atoms with Gasteiger partial charge in [0.1, 0.15) is 10.5 Å². The Labute approximate surface area is 173 Å². The van der Waals surface area contributed by atoms with E-state index in [1.165, 1.54) is 11.3 Å². The molecule has 0 aliphatic carbocycles. The normalized spacial score (nSPS) is 11.2. The van der Waals surface area contributed by atoms with Crippen LogP contribution in [0.4, 0.5) is 0 Å². The molecule has 0 aliphatic rings. The number of thiophene rings is 1. The Hall–Kier alpha value is -2.99. The van der Waals surface area contributed by atoms with Gasteiger partial charge in [0, 0.05) is 19.3 Å². The van der Waals surface area contributed by atoms with Gasteiger partial charge in [0.15, 0.2) is 0 Å². The molecule has 4 rings (SSSR count). The van der Waals surface area contributed by atoms with Crippen molar-refractivity contribution in [2.45, 2.75) is 33.2 Å². The molecular formula is C23H23N3O2S. The van der Waals surface area contributed by atoms with E-state index in [-0.39, 0.29) is 11.5 Å². The number of unbranched alkanes of at least 4 members (excludes halogenated alkanes) is 1. The summed E-state index contributed by atoms with van der Waals surface area (Å²) < 4.78 is 1.55. The van der Waals surface area contributed by atoms with E-state index in [0.29, 0.717) is 33.8 Å². The van der Waals surface area contributed by atoms with E-state index in [4.69, 9.17) is 0 Å². The highest BCUT2D eigenvalue weighted by atomic mass is 32.1. The molecule has 3 heterocycles. The van der Waals surface area contributed by atoms with Crippen molar-refractivity contribution in [1.82, 2.24) is 14.3 Å². The van der Waals surface area contributed by atoms with Crippen LogP contribution in [-0.2, 0) is 6.54 Å². The minimum atomic E-state index is -0.132. The lowest BCUT2D eigenvalue weighted by molar-refractivity contribution is 0.0746. The SMILES string of the molecule is CCCCN(Cc1ccccc1)C(=O)c1cc2c(=O)n3cccc(C)c3nc2s1. The van der Waals surface area contributed by atoms with Crippen LogP contribution in [0.5, 0.6) is 0 Å². The molecule has 4 aromatic rings. The molecule has 1 amide bonds. The number of carbonyl (C=O) groups excluding carboxylic acids is 1. The van der Waals surface area contributed by atoms with E-state index < -0.39 is 0 Å². The predicted molar refractivity (Wildman–Crippen MR) is 118 cm³/mol. The van der Waals surface area contributed by atoms with Gasteiger partial charge in [-0.3, -0.25) is 14.0 Å². The first-order valence-corrected chi connectivity index (χ1v) is 10.6. The summed E-state index contributed by atoms with van der Waals surface area (Å²) in [5.41, 5.74) is 2.53. The fraction of sp³-hybridized carbons (Fsp3) is 0.261. The van der Waals surface area contributed by atoms with Gasteiger partial charge in [-0.25, -0.2) is 4.98 Å². The average Bonchev–Trinajstić information content (AvgIpc) is 3.17. The molecule has 5 nitrogen and oxygen atoms in total. The topological polar surface area (TPSA) is 54.7 Å². The number of aryl methyl sites for hydroxylation is 1. The zero-order valence-corrected chi connectivity index (χ0v) is 17.4. The summed E-state index contributed by atoms with van der Waals surface area (Å²) in [6, 6.07) is 15.5. The number of benzene rings is 1. The number of carbonyl (C=O) groups is 1. The Morgan fingerprint density at radius 1 is 1.17 bits per heavy atom. The van der Waals surface area contributed by atoms with E-state index in [1.54, 1.807) is 16.7 Å². The highest BCUT2D eigenvalue weighted by Gasteiger charge is 2.20. The molecule has 3 aromatic heterocycles. The van der Waals surface area contributed by atoms with Gasteiger partial charge in [0.25, 0.3) is 11.5 Å². The average molecular weight is 406 g/mol. The molecule has 0 aliphatic heterocycles. The largest absolute Gasteiger partial charge is 0.334 e. The molecular weight excluding hydrogens is 382 g/mol. The first-order chi connectivity index (χ1) is 14.1. The summed E-state index contributed by atoms with van der Waals surface area (Å²) in [7, 11) is 0. The first-order valence-electron chi connectivity index (χ1n) is 9.83. The van der Waals surface area contributed by atoms with Gasteiger partial charge in [-0.05, 0) is 36.6 Å². The molecule has 0 saturated carbocycles. The van der Waals surface area contributed by atoms with Crippen molar-refractivity contribution in [2.24, 2.45) is 0 Å². The minimum absolute atomic E-state index is 0.0459. The van der Waals surface area contributed by atoms with E-state index in [0.717, 1.165) is 24.0 Å². The quantitative estimate of drug-likeness (QED) is 0.469. The monoisotopic (exact) mass is 405 g/mol. The summed E-state index contributed by atoms with van der Waals surface area (Å²) in [6.45, 7) is 5.29. The van der Waals surface area contributed by atoms with Gasteiger partial charge in [-0.2, -0.15) is 0 Å². The lowest BCUT2D eigenvalue weighted by Gasteiger charge is -2.22. The van der Waals surface area contributed by atoms with Gasteiger partial charge in [-0.15, -0.1) is 11.3 Å². The predicted octanol–water partition coefficient (Wildman–Crippen LogP) is 4.66. The van der Waals surface area contributed by atoms with Gasteiger partial charge in [0.05, 0.1) is 10.3 Å². The van der Waals surface area contributed by atoms with E-state index in [2.05, 4.69) is 11.9 Å². The Bertz CT molecular complexity index is 1230. The second-order valence-electron chi connectivity index (χ2n) is 7.20. The number of aromatic nitrogens is 2. The maximum absolute atomic E-state index is 13.3. The summed E-state index contributed by atoms with van der Waals surface area (Å²) in [5.74, 6) is -0.0459. The van der Waals surface area contributed by atoms with Gasteiger partial charge >= 0.3 is 0 Å². The molecule has 0 spiro atoms. The summed E-state index contributed by atoms with van der Waals surface area (Å²) in [4.78, 5) is 33.9. The van der Waals surface area contributed by atoms with Crippen molar-refractivity contribution < 1.29 is 4.79 Å². The lowest BCUT2D eigenvalue weighted by Crippen LogP contribution is -2.31. The highest BCUT2D eigenvalue weighted by molar-refractivity contribution is 7.20. The summed E-state index contributed by atoms with van der Waals surface area (Å²) >= 11 is 1.30. The Kier molecular flexibility index (Phi) is 5.45. The number of rotatable bonds is 6. The van der Waals surface area contributed by atoms with Crippen LogP contribution in [0.1, 0.15) is 40.6 Å². The molecule has 0 atom stereocenters. The second kappa shape index (κ2) is 8.17. The third kappa shape index (κ3) is 3.80. The Morgan fingerprint density at radius 3 is 2.72 bits per heavy atom. The van der Waals surface area contributed by atoms with Gasteiger partial charge < -0.3 is 4.90 Å². The zero-order valence-electron chi connectivity index (χ0n) is 16.6. The maximum Gasteiger partial charge on any atom is 0.266 e. The van der Waals surface area contributed by atoms with Crippen LogP contribution in [-0.4, -0.2) is 26.7 Å². The minimum Gasteiger partial charge on any atom is -0.334 e. The highest BCUT2D eigenvalue weighted by Crippen LogP contribution is 2.25. The molecule has 0 saturated heterocycles. The smallest absolute Gasteiger partial charge is 0.266 e. The number of amides is 1. The van der Waals surface area contributed by atoms with Crippen LogP contribution < -0.4 is 5.56 Å². The second-order valence-corrected chi connectivity index (χ2v) is 8.23. The van der Waals surface area contributed by atoms with Crippen molar-refractivity contribution in [3.63, 3.8) is 0 Å². The molecule has 148 valence electrons. The Morgan fingerprint density at radius 2 is 1.97 bits per heavy atom. The van der Waals surface area contributed by atoms with Crippen LogP contribution in [0, 0.1) is 6.92 Å². The number of hydrogen-bond acceptors (Lipinski definition) is 4. The number of nitrogens with zero attached hydrogens (tertiary/aromatic N) is 3. The van der Waals surface area contributed by atoms with Gasteiger partial charge in [0.2, 0.25) is 0 Å². The van der Waals surface area contributed by atoms with Crippen LogP contribution in [0.15, 0.2) is 59.5 Å². The summed E-state index contributed by atoms with van der Waals surface area (Å²) in [6.07, 6.45) is 3.67. The zero-order chi connectivity index (χ0) is 20.4. The molecule has 1 aromatic carbocycles. The van der Waals surface area contributed by atoms with Crippen LogP contribution >= 0.6 is 11.3 Å². The maximum atomic E-state index is 13.3. The standard InChI is InChI=1S/C23H23N3O2S/c1-3-4-12-25(15-17-10-6-5-7-11-17)23(28)19-14-18-21(29-19)24-20-16(2)9-8-13-26(20)22(18)27/h5-11,13-14H,3-4,12,15H2,1-2H3. The van der Waals surface area contributed by atoms with E-state index in [1.807, 2.05) is 54.3 Å². The molecule has 0 unspecified atom stereocenters. The van der Waals surface area contributed by atoms with E-state index >= 15 is 0 Å². The van der Waals surface area contributed by atoms with Crippen LogP contribution in [0.2, 0.25) is 0 Å². The van der Waals surface area contributed by atoms with Crippen molar-refractivity contribution in [2.75, 3.05) is 6.54 Å². The lowest BCUT2D eigenvalue weighted by atomic mass is 10.2. The molecule has 0 N–H and O–H groups in total. The van der Waals surface area contributed by atoms with E-state index in [9.17, 15) is 9.59 Å². The third-order valence-electron chi connectivity index (χ3n) is 5.03. The Balaban J connectivity index is 1.74. The van der Waals surface area contributed by atoms with Crippen molar-refractivity contribution in [1.29, 1.82) is 0 Å². The molecule has 0 fully saturated rings. The van der Waals surface area contributed by atoms with Gasteiger partial charge in [-0.1, -0.05) is 49.7 Å². The van der Waals surface area contributed by atoms with Crippen molar-refractivity contribution >= 4 is 33.1 Å². The fourth-order valence-corrected chi connectivity index (χ4v) is 4.41. The molecule has 6 heteroatoms. The van der Waals surface area contributed by atoms with Crippen molar-refractivity contribution in [3.8, 4) is 0 Å². The number of fused-ring (bicyclic) bond motifs is 2.